The molecule has 1 atom stereocenters. The summed E-state index contributed by atoms with van der Waals surface area (Å²) in [5, 5.41) is 9.80. The van der Waals surface area contributed by atoms with Crippen LogP contribution in [0.25, 0.3) is 0 Å². The second kappa shape index (κ2) is 4.66. The first-order chi connectivity index (χ1) is 7.74. The molecule has 0 radical (unpaired) electrons. The summed E-state index contributed by atoms with van der Waals surface area (Å²) in [6.07, 6.45) is 1.04. The van der Waals surface area contributed by atoms with Crippen LogP contribution in [0.5, 0.6) is 5.75 Å². The lowest BCUT2D eigenvalue weighted by Crippen LogP contribution is -2.23. The third-order valence-electron chi connectivity index (χ3n) is 2.79. The Morgan fingerprint density at radius 3 is 2.81 bits per heavy atom. The number of rotatable bonds is 5. The maximum Gasteiger partial charge on any atom is 0.195 e. The summed E-state index contributed by atoms with van der Waals surface area (Å²) < 4.78 is 5.38. The second-order valence-corrected chi connectivity index (χ2v) is 4.08. The number of Topliss-reactive ketones (excluding diaryl/α,β-unsaturated/α-hetero) is 1. The number of aliphatic hydroxyl groups is 1. The van der Waals surface area contributed by atoms with Crippen LogP contribution in [0.3, 0.4) is 0 Å². The van der Waals surface area contributed by atoms with Crippen LogP contribution >= 0.6 is 0 Å². The van der Waals surface area contributed by atoms with Crippen LogP contribution in [0.1, 0.15) is 30.1 Å². The van der Waals surface area contributed by atoms with Crippen LogP contribution < -0.4 is 4.74 Å². The standard InChI is InChI=1S/C13H16O3/c1-2-16-11-6-4-3-5-10(11)13(15)12(14)9-7-8-9/h3-6,9,12,14H,2,7-8H2,1H3. The molecule has 2 rings (SSSR count). The molecule has 1 unspecified atom stereocenters. The molecule has 1 aliphatic carbocycles. The van der Waals surface area contributed by atoms with Gasteiger partial charge < -0.3 is 9.84 Å². The predicted molar refractivity (Wildman–Crippen MR) is 60.7 cm³/mol. The van der Waals surface area contributed by atoms with Crippen LogP contribution in [0.4, 0.5) is 0 Å². The smallest absolute Gasteiger partial charge is 0.195 e. The Hall–Kier alpha value is -1.35. The second-order valence-electron chi connectivity index (χ2n) is 4.08. The molecular weight excluding hydrogens is 204 g/mol. The number of benzene rings is 1. The number of carbonyl (C=O) groups excluding carboxylic acids is 1. The molecule has 0 spiro atoms. The largest absolute Gasteiger partial charge is 0.493 e. The first-order valence-corrected chi connectivity index (χ1v) is 5.68. The molecule has 16 heavy (non-hydrogen) atoms. The summed E-state index contributed by atoms with van der Waals surface area (Å²) in [5.74, 6) is 0.503. The third kappa shape index (κ3) is 2.25. The van der Waals surface area contributed by atoms with Crippen molar-refractivity contribution >= 4 is 5.78 Å². The van der Waals surface area contributed by atoms with Gasteiger partial charge in [0.15, 0.2) is 5.78 Å². The Bertz CT molecular complexity index is 383. The highest BCUT2D eigenvalue weighted by Gasteiger charge is 2.35. The fourth-order valence-electron chi connectivity index (χ4n) is 1.74. The van der Waals surface area contributed by atoms with Gasteiger partial charge in [-0.15, -0.1) is 0 Å². The highest BCUT2D eigenvalue weighted by Crippen LogP contribution is 2.35. The van der Waals surface area contributed by atoms with Gasteiger partial charge in [-0.2, -0.15) is 0 Å². The normalized spacial score (nSPS) is 16.9. The van der Waals surface area contributed by atoms with Crippen molar-refractivity contribution in [3.05, 3.63) is 29.8 Å². The van der Waals surface area contributed by atoms with E-state index in [0.29, 0.717) is 17.9 Å². The van der Waals surface area contributed by atoms with E-state index >= 15 is 0 Å². The molecule has 0 aromatic heterocycles. The molecule has 0 bridgehead atoms. The molecule has 0 aliphatic heterocycles. The Morgan fingerprint density at radius 2 is 2.19 bits per heavy atom. The number of ether oxygens (including phenoxy) is 1. The minimum Gasteiger partial charge on any atom is -0.493 e. The van der Waals surface area contributed by atoms with Gasteiger partial charge in [-0.05, 0) is 37.8 Å². The van der Waals surface area contributed by atoms with Crippen molar-refractivity contribution in [1.82, 2.24) is 0 Å². The highest BCUT2D eigenvalue weighted by molar-refractivity contribution is 6.02. The average molecular weight is 220 g/mol. The molecule has 0 heterocycles. The van der Waals surface area contributed by atoms with Crippen LogP contribution in [-0.4, -0.2) is 23.6 Å². The Morgan fingerprint density at radius 1 is 1.50 bits per heavy atom. The van der Waals surface area contributed by atoms with Crippen LogP contribution in [-0.2, 0) is 0 Å². The van der Waals surface area contributed by atoms with E-state index in [9.17, 15) is 9.90 Å². The maximum absolute atomic E-state index is 12.0. The SMILES string of the molecule is CCOc1ccccc1C(=O)C(O)C1CC1. The predicted octanol–water partition coefficient (Wildman–Crippen LogP) is 2.04. The van der Waals surface area contributed by atoms with E-state index in [2.05, 4.69) is 0 Å². The molecule has 3 heteroatoms. The van der Waals surface area contributed by atoms with Gasteiger partial charge in [0.1, 0.15) is 11.9 Å². The number of hydrogen-bond donors (Lipinski definition) is 1. The van der Waals surface area contributed by atoms with Gasteiger partial charge >= 0.3 is 0 Å². The monoisotopic (exact) mass is 220 g/mol. The van der Waals surface area contributed by atoms with Gasteiger partial charge in [0, 0.05) is 0 Å². The molecule has 1 aromatic carbocycles. The van der Waals surface area contributed by atoms with Gasteiger partial charge in [0.25, 0.3) is 0 Å². The minimum absolute atomic E-state index is 0.155. The summed E-state index contributed by atoms with van der Waals surface area (Å²) in [6.45, 7) is 2.39. The summed E-state index contributed by atoms with van der Waals surface area (Å²) in [5.41, 5.74) is 0.490. The number of aliphatic hydroxyl groups excluding tert-OH is 1. The van der Waals surface area contributed by atoms with Crippen molar-refractivity contribution in [2.45, 2.75) is 25.9 Å². The van der Waals surface area contributed by atoms with Crippen LogP contribution in [0.15, 0.2) is 24.3 Å². The highest BCUT2D eigenvalue weighted by atomic mass is 16.5. The zero-order valence-electron chi connectivity index (χ0n) is 9.35. The molecule has 1 fully saturated rings. The Balaban J connectivity index is 2.20. The summed E-state index contributed by atoms with van der Waals surface area (Å²) in [6, 6.07) is 7.08. The van der Waals surface area contributed by atoms with Gasteiger partial charge in [0.2, 0.25) is 0 Å². The summed E-state index contributed by atoms with van der Waals surface area (Å²) >= 11 is 0. The number of ketones is 1. The molecule has 1 saturated carbocycles. The molecule has 1 aliphatic rings. The number of carbonyl (C=O) groups is 1. The maximum atomic E-state index is 12.0. The molecule has 86 valence electrons. The third-order valence-corrected chi connectivity index (χ3v) is 2.79. The number of para-hydroxylation sites is 1. The minimum atomic E-state index is -0.860. The first-order valence-electron chi connectivity index (χ1n) is 5.68. The van der Waals surface area contributed by atoms with Gasteiger partial charge in [-0.3, -0.25) is 4.79 Å². The topological polar surface area (TPSA) is 46.5 Å². The zero-order valence-corrected chi connectivity index (χ0v) is 9.35. The van der Waals surface area contributed by atoms with E-state index in [1.807, 2.05) is 13.0 Å². The molecule has 0 amide bonds. The van der Waals surface area contributed by atoms with Gasteiger partial charge in [0.05, 0.1) is 12.2 Å². The lowest BCUT2D eigenvalue weighted by Gasteiger charge is -2.12. The molecule has 1 N–H and O–H groups in total. The summed E-state index contributed by atoms with van der Waals surface area (Å²) in [4.78, 5) is 12.0. The van der Waals surface area contributed by atoms with Crippen molar-refractivity contribution in [3.8, 4) is 5.75 Å². The Labute approximate surface area is 95.0 Å². The van der Waals surface area contributed by atoms with Crippen molar-refractivity contribution in [1.29, 1.82) is 0 Å². The quantitative estimate of drug-likeness (QED) is 0.772. The van der Waals surface area contributed by atoms with E-state index in [0.717, 1.165) is 12.8 Å². The average Bonchev–Trinajstić information content (AvgIpc) is 3.12. The first kappa shape index (κ1) is 11.1. The van der Waals surface area contributed by atoms with E-state index in [1.54, 1.807) is 18.2 Å². The van der Waals surface area contributed by atoms with Gasteiger partial charge in [-0.25, -0.2) is 0 Å². The zero-order chi connectivity index (χ0) is 11.5. The van der Waals surface area contributed by atoms with Crippen molar-refractivity contribution in [2.75, 3.05) is 6.61 Å². The van der Waals surface area contributed by atoms with E-state index in [1.165, 1.54) is 0 Å². The molecule has 3 nitrogen and oxygen atoms in total. The fourth-order valence-corrected chi connectivity index (χ4v) is 1.74. The van der Waals surface area contributed by atoms with E-state index in [4.69, 9.17) is 4.74 Å². The molecule has 0 saturated heterocycles. The van der Waals surface area contributed by atoms with E-state index < -0.39 is 6.10 Å². The van der Waals surface area contributed by atoms with Crippen molar-refractivity contribution in [2.24, 2.45) is 5.92 Å². The lowest BCUT2D eigenvalue weighted by atomic mass is 10.0. The Kier molecular flexibility index (Phi) is 3.25. The summed E-state index contributed by atoms with van der Waals surface area (Å²) in [7, 11) is 0. The van der Waals surface area contributed by atoms with Crippen LogP contribution in [0.2, 0.25) is 0 Å². The molecule has 1 aromatic rings. The van der Waals surface area contributed by atoms with Crippen molar-refractivity contribution < 1.29 is 14.6 Å². The molecular formula is C13H16O3. The van der Waals surface area contributed by atoms with E-state index in [-0.39, 0.29) is 11.7 Å². The van der Waals surface area contributed by atoms with Gasteiger partial charge in [-0.1, -0.05) is 12.1 Å². The number of hydrogen-bond acceptors (Lipinski definition) is 3. The lowest BCUT2D eigenvalue weighted by molar-refractivity contribution is 0.0700. The van der Waals surface area contributed by atoms with Crippen LogP contribution in [0, 0.1) is 5.92 Å². The fraction of sp³-hybridized carbons (Fsp3) is 0.462. The van der Waals surface area contributed by atoms with Crippen molar-refractivity contribution in [3.63, 3.8) is 0 Å².